The van der Waals surface area contributed by atoms with Gasteiger partial charge in [-0.15, -0.1) is 0 Å². The van der Waals surface area contributed by atoms with Gasteiger partial charge in [0, 0.05) is 25.8 Å². The van der Waals surface area contributed by atoms with Crippen LogP contribution in [0.15, 0.2) is 0 Å². The van der Waals surface area contributed by atoms with Crippen LogP contribution in [-0.4, -0.2) is 371 Å². The number of carboxylic acids is 4. The summed E-state index contributed by atoms with van der Waals surface area (Å²) in [6.45, 7) is 15.8. The Morgan fingerprint density at radius 3 is 1.07 bits per heavy atom. The molecule has 22 atom stereocenters. The highest BCUT2D eigenvalue weighted by Crippen LogP contribution is 2.23. The van der Waals surface area contributed by atoms with E-state index in [1.807, 2.05) is 0 Å². The molecule has 0 bridgehead atoms. The molecule has 20 amide bonds. The number of nitrogens with one attached hydrogen (secondary N) is 18. The smallest absolute Gasteiger partial charge is 0.328 e. The molecule has 56 nitrogen and oxygen atoms in total. The normalized spacial score (nSPS) is 16.7. The first-order chi connectivity index (χ1) is 67.1. The van der Waals surface area contributed by atoms with Crippen LogP contribution in [0.1, 0.15) is 206 Å². The fraction of sp³-hybridized carbons (Fsp3) is 0.727. The van der Waals surface area contributed by atoms with Crippen molar-refractivity contribution in [3.05, 3.63) is 0 Å². The first-order valence-electron chi connectivity index (χ1n) is 47.4. The van der Waals surface area contributed by atoms with E-state index in [1.165, 1.54) is 0 Å². The fourth-order valence-corrected chi connectivity index (χ4v) is 14.3. The van der Waals surface area contributed by atoms with Crippen molar-refractivity contribution in [1.29, 1.82) is 0 Å². The highest BCUT2D eigenvalue weighted by Gasteiger charge is 2.45. The molecule has 34 N–H and O–H groups in total. The second-order valence-electron chi connectivity index (χ2n) is 37.0. The molecular formula is C88H150N22O34. The SMILES string of the molecule is CC[C@H](C)[C@H](NC(=O)[C@H](CC(C)C)NC(=O)CNC(=O)CNC(=O)CNC(=O)[C@H](CO)NC(=O)[C@H](CCC(=O)O)NC(=O)[C@H](CCC(=O)O)NC(=O)[C@H](CC(C)C)NC(=O)[C@H](CO)NC(=O)[C@@H](N)CCC(N)=O)C(=O)N[C@@H](CCCCN)C(=O)N1CCC[C@H]1C(=O)N[C@H](C(=O)N[C@@H](CC(=O)O)C(=O)N[C@H](C(=O)N[C@@H](CC(C)C)C(=O)N[C@H](C(=O)N[C@@H](CC(C)C)C(=O)N[C@H](C(=O)O)[C@@H](C)O)[C@@H](C)O)[C@@H](C)O)[C@@H](C)O. The van der Waals surface area contributed by atoms with Crippen LogP contribution in [0.2, 0.25) is 0 Å². The first-order valence-corrected chi connectivity index (χ1v) is 47.4. The molecule has 0 aromatic rings. The van der Waals surface area contributed by atoms with Crippen molar-refractivity contribution in [3.8, 4) is 0 Å². The predicted octanol–water partition coefficient (Wildman–Crippen LogP) is -11.7. The monoisotopic (exact) mass is 2060 g/mol. The minimum absolute atomic E-state index is 0.0660. The lowest BCUT2D eigenvalue weighted by Gasteiger charge is -2.32. The van der Waals surface area contributed by atoms with Gasteiger partial charge in [-0.2, -0.15) is 0 Å². The molecule has 0 aromatic heterocycles. The summed E-state index contributed by atoms with van der Waals surface area (Å²) in [6.07, 6.45) is -11.7. The highest BCUT2D eigenvalue weighted by atomic mass is 16.4. The Labute approximate surface area is 831 Å². The Hall–Kier alpha value is -13.0. The molecule has 144 heavy (non-hydrogen) atoms. The van der Waals surface area contributed by atoms with E-state index in [2.05, 4.69) is 95.7 Å². The Bertz CT molecular complexity index is 4390. The van der Waals surface area contributed by atoms with E-state index in [0.717, 1.165) is 32.6 Å². The van der Waals surface area contributed by atoms with Crippen molar-refractivity contribution in [2.45, 2.75) is 333 Å². The number of rotatable bonds is 69. The van der Waals surface area contributed by atoms with E-state index in [1.54, 1.807) is 69.2 Å². The molecule has 1 rings (SSSR count). The van der Waals surface area contributed by atoms with E-state index < -0.39 is 352 Å². The van der Waals surface area contributed by atoms with Crippen molar-refractivity contribution < 1.29 is 166 Å². The third-order valence-electron chi connectivity index (χ3n) is 22.4. The van der Waals surface area contributed by atoms with Crippen LogP contribution in [0.3, 0.4) is 0 Å². The summed E-state index contributed by atoms with van der Waals surface area (Å²) in [5.41, 5.74) is 16.7. The summed E-state index contributed by atoms with van der Waals surface area (Å²) in [7, 11) is 0. The molecule has 1 aliphatic heterocycles. The lowest BCUT2D eigenvalue weighted by molar-refractivity contribution is -0.145. The quantitative estimate of drug-likeness (QED) is 0.0251. The van der Waals surface area contributed by atoms with Crippen molar-refractivity contribution in [3.63, 3.8) is 0 Å². The van der Waals surface area contributed by atoms with Crippen molar-refractivity contribution in [2.24, 2.45) is 46.8 Å². The number of nitrogens with two attached hydrogens (primary N) is 3. The number of nitrogens with zero attached hydrogens (tertiary/aromatic N) is 1. The van der Waals surface area contributed by atoms with Gasteiger partial charge in [-0.1, -0.05) is 75.7 Å². The minimum Gasteiger partial charge on any atom is -0.481 e. The third kappa shape index (κ3) is 47.9. The summed E-state index contributed by atoms with van der Waals surface area (Å²) in [6, 6.07) is -29.1. The standard InChI is InChI=1S/C88H150N22O34/c1-15-43(10)67(105-77(132)52(29-39(2)3)95-63(120)36-93-61(118)34-92-62(119)35-94-73(128)57(37-111)104-75(130)50(23-26-65(123)124)96-74(129)49(22-25-64(121)122)97-76(131)53(30-40(4)5)99-81(136)58(38-112)103-72(127)48(90)21-24-60(91)117)83(138)98-51(19-16-17-27-89)87(142)110-28-18-20-59(110)82(137)108-70(46(13)115)86(141)102-56(33-66(125)126)80(135)107-69(45(12)114)85(140)100-54(31-41(6)7)78(133)106-68(44(11)113)84(139)101-55(32-42(8)9)79(134)109-71(47(14)116)88(143)144/h39-59,67-71,111-116H,15-38,89-90H2,1-14H3,(H2,91,117)(H,92,119)(H,93,118)(H,94,128)(H,95,120)(H,96,129)(H,97,131)(H,98,138)(H,99,136)(H,100,140)(H,101,139)(H,102,141)(H,103,127)(H,104,130)(H,105,132)(H,106,133)(H,107,135)(H,108,137)(H,109,134)(H,121,122)(H,123,124)(H,125,126)(H,143,144)/t43-,44+,45+,46+,47+,48-,49-,50-,51-,52-,53-,54-,55-,56-,57-,58-,59-,67-,68-,69-,70-,71-/m0/s1. The molecule has 0 radical (unpaired) electrons. The van der Waals surface area contributed by atoms with Gasteiger partial charge < -0.3 is 169 Å². The van der Waals surface area contributed by atoms with Crippen molar-refractivity contribution in [2.75, 3.05) is 45.9 Å². The molecule has 0 saturated carbocycles. The Morgan fingerprint density at radius 2 is 0.674 bits per heavy atom. The molecule has 1 heterocycles. The van der Waals surface area contributed by atoms with Crippen LogP contribution in [0.4, 0.5) is 0 Å². The molecule has 0 spiro atoms. The molecule has 1 fully saturated rings. The topological polar surface area (TPSA) is 910 Å². The van der Waals surface area contributed by atoms with Crippen LogP contribution < -0.4 is 113 Å². The summed E-state index contributed by atoms with van der Waals surface area (Å²) in [5.74, 6) is -30.6. The summed E-state index contributed by atoms with van der Waals surface area (Å²) >= 11 is 0. The van der Waals surface area contributed by atoms with E-state index in [-0.39, 0.29) is 95.6 Å². The maximum absolute atomic E-state index is 14.8. The Kier molecular flexibility index (Phi) is 58.5. The van der Waals surface area contributed by atoms with Gasteiger partial charge in [0.2, 0.25) is 118 Å². The van der Waals surface area contributed by atoms with Crippen LogP contribution in [0, 0.1) is 29.6 Å². The summed E-state index contributed by atoms with van der Waals surface area (Å²) in [4.78, 5) is 322. The zero-order valence-corrected chi connectivity index (χ0v) is 83.4. The largest absolute Gasteiger partial charge is 0.481 e. The Morgan fingerprint density at radius 1 is 0.340 bits per heavy atom. The lowest BCUT2D eigenvalue weighted by Crippen LogP contribution is -2.63. The Balaban J connectivity index is 3.35. The fourth-order valence-electron chi connectivity index (χ4n) is 14.3. The number of carbonyl (C=O) groups excluding carboxylic acids is 20. The van der Waals surface area contributed by atoms with Crippen LogP contribution in [0.5, 0.6) is 0 Å². The molecule has 816 valence electrons. The van der Waals surface area contributed by atoms with E-state index in [9.17, 15) is 166 Å². The highest BCUT2D eigenvalue weighted by molar-refractivity contribution is 6.03. The average Bonchev–Trinajstić information content (AvgIpc) is 1.66. The number of primary amides is 1. The molecular weight excluding hydrogens is 1910 g/mol. The predicted molar refractivity (Wildman–Crippen MR) is 504 cm³/mol. The number of hydrogen-bond acceptors (Lipinski definition) is 32. The second-order valence-corrected chi connectivity index (χ2v) is 37.0. The van der Waals surface area contributed by atoms with Crippen LogP contribution in [-0.2, 0) is 115 Å². The summed E-state index contributed by atoms with van der Waals surface area (Å²) < 4.78 is 0. The van der Waals surface area contributed by atoms with Gasteiger partial charge in [0.25, 0.3) is 0 Å². The van der Waals surface area contributed by atoms with Crippen molar-refractivity contribution >= 4 is 142 Å². The van der Waals surface area contributed by atoms with Gasteiger partial charge in [-0.3, -0.25) is 110 Å². The second kappa shape index (κ2) is 65.3. The zero-order valence-electron chi connectivity index (χ0n) is 83.4. The van der Waals surface area contributed by atoms with Gasteiger partial charge in [0.05, 0.1) is 69.7 Å². The third-order valence-corrected chi connectivity index (χ3v) is 22.4. The number of carboxylic acid groups (broad SMARTS) is 4. The number of aliphatic carboxylic acids is 4. The number of hydrogen-bond donors (Lipinski definition) is 31. The van der Waals surface area contributed by atoms with Crippen LogP contribution in [0.25, 0.3) is 0 Å². The molecule has 0 aliphatic carbocycles. The molecule has 0 unspecified atom stereocenters. The number of aliphatic hydroxyl groups excluding tert-OH is 6. The number of amides is 20. The van der Waals surface area contributed by atoms with Gasteiger partial charge in [-0.05, 0) is 141 Å². The molecule has 0 aromatic carbocycles. The minimum atomic E-state index is -2.17. The molecule has 56 heteroatoms. The molecule has 1 aliphatic rings. The van der Waals surface area contributed by atoms with Gasteiger partial charge >= 0.3 is 23.9 Å². The first kappa shape index (κ1) is 129. The van der Waals surface area contributed by atoms with Gasteiger partial charge in [0.15, 0.2) is 6.04 Å². The average molecular weight is 2060 g/mol. The zero-order chi connectivity index (χ0) is 110. The van der Waals surface area contributed by atoms with E-state index in [4.69, 9.17) is 17.2 Å². The van der Waals surface area contributed by atoms with E-state index >= 15 is 0 Å². The number of unbranched alkanes of at least 4 members (excludes halogenated alkanes) is 1. The van der Waals surface area contributed by atoms with Crippen LogP contribution >= 0.6 is 0 Å². The van der Waals surface area contributed by atoms with Gasteiger partial charge in [-0.25, -0.2) is 4.79 Å². The maximum atomic E-state index is 14.8. The number of carbonyl (C=O) groups is 24. The number of aliphatic hydroxyl groups is 6. The summed E-state index contributed by atoms with van der Waals surface area (Å²) in [5, 5.41) is 143. The van der Waals surface area contributed by atoms with Crippen molar-refractivity contribution in [1.82, 2.24) is 101 Å². The van der Waals surface area contributed by atoms with E-state index in [0.29, 0.717) is 6.42 Å². The number of likely N-dealkylation sites (tertiary alicyclic amines) is 1. The maximum Gasteiger partial charge on any atom is 0.328 e. The molecule has 1 saturated heterocycles. The van der Waals surface area contributed by atoms with Gasteiger partial charge in [0.1, 0.15) is 90.6 Å². The lowest BCUT2D eigenvalue weighted by atomic mass is 9.96.